The molecule has 0 fully saturated rings. The number of hydrogen-bond donors (Lipinski definition) is 2. The van der Waals surface area contributed by atoms with Crippen LogP contribution in [0.25, 0.3) is 0 Å². The van der Waals surface area contributed by atoms with E-state index in [1.807, 2.05) is 6.92 Å². The second-order valence-corrected chi connectivity index (χ2v) is 4.64. The number of amides is 2. The Balaban J connectivity index is 2.46. The van der Waals surface area contributed by atoms with Crippen LogP contribution in [0.15, 0.2) is 23.6 Å². The predicted octanol–water partition coefficient (Wildman–Crippen LogP) is -0.232. The zero-order valence-corrected chi connectivity index (χ0v) is 11.1. The molecule has 1 rings (SSSR count). The van der Waals surface area contributed by atoms with Gasteiger partial charge in [0.25, 0.3) is 11.8 Å². The molecule has 6 nitrogen and oxygen atoms in total. The van der Waals surface area contributed by atoms with E-state index in [0.717, 1.165) is 23.8 Å². The molecule has 0 aliphatic carbocycles. The van der Waals surface area contributed by atoms with Crippen LogP contribution in [0, 0.1) is 0 Å². The summed E-state index contributed by atoms with van der Waals surface area (Å²) in [6, 6.07) is 1.76. The summed E-state index contributed by atoms with van der Waals surface area (Å²) in [7, 11) is 0. The van der Waals surface area contributed by atoms with Gasteiger partial charge in [-0.1, -0.05) is 13.3 Å². The number of carboxylic acid groups (broad SMARTS) is 1. The molecule has 0 unspecified atom stereocenters. The van der Waals surface area contributed by atoms with E-state index < -0.39 is 17.8 Å². The number of thiophene rings is 1. The lowest BCUT2D eigenvalue weighted by Gasteiger charge is -2.03. The van der Waals surface area contributed by atoms with Gasteiger partial charge in [0.1, 0.15) is 0 Å². The third-order valence-electron chi connectivity index (χ3n) is 2.08. The number of hydrazine groups is 1. The van der Waals surface area contributed by atoms with Crippen LogP contribution in [0.3, 0.4) is 0 Å². The number of aryl methyl sites for hydroxylation is 1. The highest BCUT2D eigenvalue weighted by molar-refractivity contribution is 7.10. The molecule has 0 saturated heterocycles. The lowest BCUT2D eigenvalue weighted by Crippen LogP contribution is -2.40. The molecule has 2 N–H and O–H groups in total. The number of hydrogen-bond acceptors (Lipinski definition) is 5. The Hall–Kier alpha value is -2.15. The third-order valence-corrected chi connectivity index (χ3v) is 3.08. The van der Waals surface area contributed by atoms with Crippen LogP contribution in [0.2, 0.25) is 0 Å². The first-order chi connectivity index (χ1) is 9.02. The van der Waals surface area contributed by atoms with Crippen molar-refractivity contribution in [2.45, 2.75) is 19.8 Å². The van der Waals surface area contributed by atoms with Gasteiger partial charge in [-0.3, -0.25) is 20.4 Å². The summed E-state index contributed by atoms with van der Waals surface area (Å²) in [5.41, 5.74) is 4.70. The predicted molar refractivity (Wildman–Crippen MR) is 68.1 cm³/mol. The van der Waals surface area contributed by atoms with Gasteiger partial charge in [-0.05, 0) is 18.6 Å². The molecule has 102 valence electrons. The van der Waals surface area contributed by atoms with Crippen molar-refractivity contribution < 1.29 is 19.5 Å². The minimum atomic E-state index is -1.48. The topological polar surface area (TPSA) is 98.3 Å². The van der Waals surface area contributed by atoms with E-state index in [2.05, 4.69) is 10.9 Å². The minimum Gasteiger partial charge on any atom is -0.545 e. The summed E-state index contributed by atoms with van der Waals surface area (Å²) in [6.45, 7) is 2.04. The van der Waals surface area contributed by atoms with Crippen LogP contribution >= 0.6 is 11.3 Å². The van der Waals surface area contributed by atoms with E-state index in [-0.39, 0.29) is 0 Å². The highest BCUT2D eigenvalue weighted by atomic mass is 32.1. The van der Waals surface area contributed by atoms with E-state index in [4.69, 9.17) is 0 Å². The molecule has 2 amide bonds. The summed E-state index contributed by atoms with van der Waals surface area (Å²) >= 11 is 1.48. The van der Waals surface area contributed by atoms with Crippen molar-refractivity contribution in [1.82, 2.24) is 10.9 Å². The quantitative estimate of drug-likeness (QED) is 0.575. The smallest absolute Gasteiger partial charge is 0.270 e. The summed E-state index contributed by atoms with van der Waals surface area (Å²) in [6.07, 6.45) is 3.22. The van der Waals surface area contributed by atoms with Crippen molar-refractivity contribution in [2.75, 3.05) is 0 Å². The van der Waals surface area contributed by atoms with E-state index in [1.54, 1.807) is 11.4 Å². The normalized spacial score (nSPS) is 10.4. The van der Waals surface area contributed by atoms with Crippen molar-refractivity contribution in [2.24, 2.45) is 0 Å². The molecular formula is C12H13N2O4S-. The number of carbonyl (C=O) groups excluding carboxylic acids is 3. The average molecular weight is 281 g/mol. The second kappa shape index (κ2) is 7.32. The molecule has 0 bridgehead atoms. The summed E-state index contributed by atoms with van der Waals surface area (Å²) in [5.74, 6) is -2.68. The van der Waals surface area contributed by atoms with Crippen molar-refractivity contribution >= 4 is 29.1 Å². The Morgan fingerprint density at radius 2 is 2.05 bits per heavy atom. The summed E-state index contributed by atoms with van der Waals surface area (Å²) in [5, 5.41) is 11.8. The summed E-state index contributed by atoms with van der Waals surface area (Å²) in [4.78, 5) is 33.9. The maximum absolute atomic E-state index is 11.6. The Labute approximate surface area is 114 Å². The third kappa shape index (κ3) is 5.35. The number of carboxylic acids is 1. The fourth-order valence-electron chi connectivity index (χ4n) is 1.25. The number of nitrogens with one attached hydrogen (secondary N) is 2. The maximum atomic E-state index is 11.6. The first kappa shape index (κ1) is 14.9. The van der Waals surface area contributed by atoms with E-state index in [1.165, 1.54) is 11.3 Å². The van der Waals surface area contributed by atoms with Crippen molar-refractivity contribution in [3.63, 3.8) is 0 Å². The Kier molecular flexibility index (Phi) is 5.74. The molecule has 1 aromatic rings. The summed E-state index contributed by atoms with van der Waals surface area (Å²) < 4.78 is 0. The van der Waals surface area contributed by atoms with Crippen LogP contribution < -0.4 is 16.0 Å². The molecule has 7 heteroatoms. The first-order valence-corrected chi connectivity index (χ1v) is 6.47. The second-order valence-electron chi connectivity index (χ2n) is 3.65. The molecule has 1 heterocycles. The van der Waals surface area contributed by atoms with Crippen LogP contribution in [0.1, 0.15) is 28.6 Å². The van der Waals surface area contributed by atoms with Gasteiger partial charge in [-0.25, -0.2) is 0 Å². The molecule has 19 heavy (non-hydrogen) atoms. The fraction of sp³-hybridized carbons (Fsp3) is 0.250. The first-order valence-electron chi connectivity index (χ1n) is 5.59. The molecule has 0 aliphatic heterocycles. The van der Waals surface area contributed by atoms with Crippen molar-refractivity contribution in [3.05, 3.63) is 34.0 Å². The van der Waals surface area contributed by atoms with Crippen molar-refractivity contribution in [1.29, 1.82) is 0 Å². The van der Waals surface area contributed by atoms with E-state index in [9.17, 15) is 19.5 Å². The molecule has 0 aromatic carbocycles. The van der Waals surface area contributed by atoms with Crippen LogP contribution in [0.5, 0.6) is 0 Å². The Morgan fingerprint density at radius 1 is 1.32 bits per heavy atom. The lowest BCUT2D eigenvalue weighted by atomic mass is 10.2. The van der Waals surface area contributed by atoms with Crippen molar-refractivity contribution in [3.8, 4) is 0 Å². The van der Waals surface area contributed by atoms with Gasteiger partial charge in [0, 0.05) is 16.3 Å². The Bertz CT molecular complexity index is 508. The highest BCUT2D eigenvalue weighted by Crippen LogP contribution is 2.16. The van der Waals surface area contributed by atoms with Gasteiger partial charge in [0.2, 0.25) is 0 Å². The van der Waals surface area contributed by atoms with E-state index in [0.29, 0.717) is 11.6 Å². The minimum absolute atomic E-state index is 0.450. The fourth-order valence-corrected chi connectivity index (χ4v) is 2.22. The molecule has 0 atom stereocenters. The molecule has 1 aromatic heterocycles. The van der Waals surface area contributed by atoms with Gasteiger partial charge in [0.05, 0.1) is 11.5 Å². The van der Waals surface area contributed by atoms with Gasteiger partial charge in [-0.15, -0.1) is 11.3 Å². The zero-order valence-electron chi connectivity index (χ0n) is 10.3. The highest BCUT2D eigenvalue weighted by Gasteiger charge is 2.08. The van der Waals surface area contributed by atoms with E-state index >= 15 is 0 Å². The Morgan fingerprint density at radius 3 is 2.68 bits per heavy atom. The molecule has 0 radical (unpaired) electrons. The number of aliphatic carboxylic acids is 1. The standard InChI is InChI=1S/C12H14N2O4S/c1-2-3-9-6-8(7-19-9)12(18)14-13-10(15)4-5-11(16)17/h4-7H,2-3H2,1H3,(H,13,15)(H,14,18)(H,16,17)/p-1/b5-4+. The molecule has 0 aliphatic rings. The maximum Gasteiger partial charge on any atom is 0.270 e. The van der Waals surface area contributed by atoms with Gasteiger partial charge < -0.3 is 9.90 Å². The lowest BCUT2D eigenvalue weighted by molar-refractivity contribution is -0.297. The molecule has 0 spiro atoms. The monoisotopic (exact) mass is 281 g/mol. The average Bonchev–Trinajstić information content (AvgIpc) is 2.82. The number of rotatable bonds is 5. The van der Waals surface area contributed by atoms with Gasteiger partial charge in [-0.2, -0.15) is 0 Å². The largest absolute Gasteiger partial charge is 0.545 e. The molecular weight excluding hydrogens is 268 g/mol. The van der Waals surface area contributed by atoms with Crippen LogP contribution in [0.4, 0.5) is 0 Å². The number of carbonyl (C=O) groups is 3. The van der Waals surface area contributed by atoms with Crippen LogP contribution in [-0.4, -0.2) is 17.8 Å². The van der Waals surface area contributed by atoms with Gasteiger partial charge in [0.15, 0.2) is 0 Å². The molecule has 0 saturated carbocycles. The SMILES string of the molecule is CCCc1cc(C(=O)NNC(=O)/C=C/C(=O)[O-])cs1. The van der Waals surface area contributed by atoms with Gasteiger partial charge >= 0.3 is 0 Å². The zero-order chi connectivity index (χ0) is 14.3. The van der Waals surface area contributed by atoms with Crippen LogP contribution in [-0.2, 0) is 16.0 Å².